The van der Waals surface area contributed by atoms with Crippen LogP contribution in [-0.2, 0) is 6.54 Å². The molecule has 20 heavy (non-hydrogen) atoms. The van der Waals surface area contributed by atoms with Gasteiger partial charge in [0.2, 0.25) is 5.88 Å². The molecule has 0 fully saturated rings. The number of hydrogen-bond acceptors (Lipinski definition) is 4. The minimum Gasteiger partial charge on any atom is -0.436 e. The molecule has 1 N–H and O–H groups in total. The van der Waals surface area contributed by atoms with Gasteiger partial charge in [-0.3, -0.25) is 4.98 Å². The van der Waals surface area contributed by atoms with Crippen LogP contribution in [0.25, 0.3) is 0 Å². The standard InChI is InChI=1S/C14H15ClFN3O/c1-2-5-17-7-11-8-19-14(9-18-11)20-13-4-3-10(16)6-12(13)15/h3-4,6,8-9,17H,2,5,7H2,1H3. The van der Waals surface area contributed by atoms with Crippen LogP contribution in [0.1, 0.15) is 19.0 Å². The van der Waals surface area contributed by atoms with Crippen molar-refractivity contribution in [3.63, 3.8) is 0 Å². The fourth-order valence-corrected chi connectivity index (χ4v) is 1.76. The van der Waals surface area contributed by atoms with Crippen molar-refractivity contribution in [1.82, 2.24) is 15.3 Å². The Labute approximate surface area is 122 Å². The van der Waals surface area contributed by atoms with E-state index in [4.69, 9.17) is 16.3 Å². The van der Waals surface area contributed by atoms with Crippen molar-refractivity contribution in [2.45, 2.75) is 19.9 Å². The molecule has 1 aromatic heterocycles. The maximum absolute atomic E-state index is 12.9. The van der Waals surface area contributed by atoms with E-state index in [0.29, 0.717) is 18.2 Å². The largest absolute Gasteiger partial charge is 0.436 e. The monoisotopic (exact) mass is 295 g/mol. The van der Waals surface area contributed by atoms with Gasteiger partial charge in [0.25, 0.3) is 0 Å². The van der Waals surface area contributed by atoms with Crippen LogP contribution in [0, 0.1) is 5.82 Å². The predicted molar refractivity (Wildman–Crippen MR) is 75.5 cm³/mol. The zero-order valence-corrected chi connectivity index (χ0v) is 11.8. The summed E-state index contributed by atoms with van der Waals surface area (Å²) in [6.45, 7) is 3.70. The summed E-state index contributed by atoms with van der Waals surface area (Å²) in [5, 5.41) is 3.42. The molecule has 1 aromatic carbocycles. The number of hydrogen-bond donors (Lipinski definition) is 1. The van der Waals surface area contributed by atoms with Gasteiger partial charge < -0.3 is 10.1 Å². The Hall–Kier alpha value is -1.72. The first-order valence-corrected chi connectivity index (χ1v) is 6.71. The molecule has 0 radical (unpaired) electrons. The summed E-state index contributed by atoms with van der Waals surface area (Å²) in [5.74, 6) is 0.253. The molecule has 4 nitrogen and oxygen atoms in total. The third kappa shape index (κ3) is 4.15. The lowest BCUT2D eigenvalue weighted by molar-refractivity contribution is 0.457. The molecule has 0 atom stereocenters. The summed E-state index contributed by atoms with van der Waals surface area (Å²) < 4.78 is 18.4. The van der Waals surface area contributed by atoms with Crippen LogP contribution in [0.3, 0.4) is 0 Å². The van der Waals surface area contributed by atoms with Gasteiger partial charge >= 0.3 is 0 Å². The summed E-state index contributed by atoms with van der Waals surface area (Å²) >= 11 is 5.87. The third-order valence-electron chi connectivity index (χ3n) is 2.52. The molecule has 0 unspecified atom stereocenters. The molecule has 106 valence electrons. The van der Waals surface area contributed by atoms with Crippen LogP contribution in [0.5, 0.6) is 11.6 Å². The van der Waals surface area contributed by atoms with Crippen molar-refractivity contribution in [3.05, 3.63) is 47.1 Å². The highest BCUT2D eigenvalue weighted by molar-refractivity contribution is 6.32. The average molecular weight is 296 g/mol. The second-order valence-corrected chi connectivity index (χ2v) is 4.61. The van der Waals surface area contributed by atoms with Crippen molar-refractivity contribution < 1.29 is 9.13 Å². The average Bonchev–Trinajstić information content (AvgIpc) is 2.44. The van der Waals surface area contributed by atoms with Gasteiger partial charge in [-0.05, 0) is 31.2 Å². The van der Waals surface area contributed by atoms with Crippen LogP contribution in [0.4, 0.5) is 4.39 Å². The Morgan fingerprint density at radius 3 is 2.80 bits per heavy atom. The maximum Gasteiger partial charge on any atom is 0.237 e. The first-order chi connectivity index (χ1) is 9.69. The summed E-state index contributed by atoms with van der Waals surface area (Å²) in [4.78, 5) is 8.37. The highest BCUT2D eigenvalue weighted by atomic mass is 35.5. The second-order valence-electron chi connectivity index (χ2n) is 4.20. The maximum atomic E-state index is 12.9. The van der Waals surface area contributed by atoms with Gasteiger partial charge in [-0.25, -0.2) is 9.37 Å². The van der Waals surface area contributed by atoms with E-state index in [1.807, 2.05) is 0 Å². The Kier molecular flexibility index (Phi) is 5.26. The minimum atomic E-state index is -0.411. The van der Waals surface area contributed by atoms with Crippen LogP contribution in [0.15, 0.2) is 30.6 Å². The van der Waals surface area contributed by atoms with Crippen LogP contribution < -0.4 is 10.1 Å². The van der Waals surface area contributed by atoms with E-state index in [1.54, 1.807) is 6.20 Å². The van der Waals surface area contributed by atoms with E-state index < -0.39 is 5.82 Å². The highest BCUT2D eigenvalue weighted by Crippen LogP contribution is 2.28. The molecule has 0 saturated carbocycles. The number of halogens is 2. The van der Waals surface area contributed by atoms with Gasteiger partial charge in [0.05, 0.1) is 23.1 Å². The van der Waals surface area contributed by atoms with Gasteiger partial charge in [-0.1, -0.05) is 18.5 Å². The Bertz CT molecular complexity index is 563. The van der Waals surface area contributed by atoms with Crippen molar-refractivity contribution in [2.75, 3.05) is 6.54 Å². The lowest BCUT2D eigenvalue weighted by Crippen LogP contribution is -2.14. The molecule has 0 bridgehead atoms. The lowest BCUT2D eigenvalue weighted by atomic mass is 10.3. The van der Waals surface area contributed by atoms with E-state index >= 15 is 0 Å². The molecule has 0 spiro atoms. The zero-order chi connectivity index (χ0) is 14.4. The van der Waals surface area contributed by atoms with E-state index in [-0.39, 0.29) is 5.02 Å². The minimum absolute atomic E-state index is 0.195. The summed E-state index contributed by atoms with van der Waals surface area (Å²) in [6, 6.07) is 3.92. The Balaban J connectivity index is 1.99. The summed E-state index contributed by atoms with van der Waals surface area (Å²) in [6.07, 6.45) is 4.22. The van der Waals surface area contributed by atoms with E-state index in [2.05, 4.69) is 22.2 Å². The SMILES string of the molecule is CCCNCc1cnc(Oc2ccc(F)cc2Cl)cn1. The van der Waals surface area contributed by atoms with Gasteiger partial charge in [0, 0.05) is 6.54 Å². The normalized spacial score (nSPS) is 10.6. The lowest BCUT2D eigenvalue weighted by Gasteiger charge is -2.07. The van der Waals surface area contributed by atoms with Gasteiger partial charge in [-0.15, -0.1) is 0 Å². The number of rotatable bonds is 6. The topological polar surface area (TPSA) is 47.0 Å². The fourth-order valence-electron chi connectivity index (χ4n) is 1.55. The van der Waals surface area contributed by atoms with Crippen LogP contribution >= 0.6 is 11.6 Å². The quantitative estimate of drug-likeness (QED) is 0.828. The molecular formula is C14H15ClFN3O. The van der Waals surface area contributed by atoms with E-state index in [1.165, 1.54) is 24.4 Å². The number of ether oxygens (including phenoxy) is 1. The predicted octanol–water partition coefficient (Wildman–Crippen LogP) is 3.56. The summed E-state index contributed by atoms with van der Waals surface area (Å²) in [5.41, 5.74) is 0.830. The Morgan fingerprint density at radius 2 is 2.15 bits per heavy atom. The molecule has 0 aliphatic carbocycles. The molecular weight excluding hydrogens is 281 g/mol. The molecule has 0 aliphatic rings. The van der Waals surface area contributed by atoms with Crippen molar-refractivity contribution in [1.29, 1.82) is 0 Å². The van der Waals surface area contributed by atoms with Gasteiger partial charge in [-0.2, -0.15) is 0 Å². The van der Waals surface area contributed by atoms with Crippen molar-refractivity contribution in [2.24, 2.45) is 0 Å². The number of nitrogens with zero attached hydrogens (tertiary/aromatic N) is 2. The smallest absolute Gasteiger partial charge is 0.237 e. The molecule has 2 aromatic rings. The highest BCUT2D eigenvalue weighted by Gasteiger charge is 2.06. The number of nitrogens with one attached hydrogen (secondary N) is 1. The first kappa shape index (κ1) is 14.7. The molecule has 0 aliphatic heterocycles. The second kappa shape index (κ2) is 7.17. The summed E-state index contributed by atoms with van der Waals surface area (Å²) in [7, 11) is 0. The zero-order valence-electron chi connectivity index (χ0n) is 11.1. The molecule has 6 heteroatoms. The molecule has 0 saturated heterocycles. The van der Waals surface area contributed by atoms with Gasteiger partial charge in [0.15, 0.2) is 0 Å². The fraction of sp³-hybridized carbons (Fsp3) is 0.286. The van der Waals surface area contributed by atoms with E-state index in [0.717, 1.165) is 18.7 Å². The van der Waals surface area contributed by atoms with E-state index in [9.17, 15) is 4.39 Å². The van der Waals surface area contributed by atoms with Crippen molar-refractivity contribution in [3.8, 4) is 11.6 Å². The van der Waals surface area contributed by atoms with Crippen LogP contribution in [0.2, 0.25) is 5.02 Å². The van der Waals surface area contributed by atoms with Gasteiger partial charge in [0.1, 0.15) is 11.6 Å². The first-order valence-electron chi connectivity index (χ1n) is 6.33. The third-order valence-corrected chi connectivity index (χ3v) is 2.82. The molecule has 1 heterocycles. The number of aromatic nitrogens is 2. The number of benzene rings is 1. The Morgan fingerprint density at radius 1 is 1.30 bits per heavy atom. The molecule has 2 rings (SSSR count). The van der Waals surface area contributed by atoms with Crippen LogP contribution in [-0.4, -0.2) is 16.5 Å². The van der Waals surface area contributed by atoms with Crippen molar-refractivity contribution >= 4 is 11.6 Å². The molecule has 0 amide bonds.